The van der Waals surface area contributed by atoms with Gasteiger partial charge in [0.15, 0.2) is 23.2 Å². The van der Waals surface area contributed by atoms with Crippen LogP contribution in [-0.2, 0) is 28.7 Å². The van der Waals surface area contributed by atoms with Crippen molar-refractivity contribution in [2.75, 3.05) is 26.3 Å². The topological polar surface area (TPSA) is 131 Å². The Bertz CT molecular complexity index is 1160. The van der Waals surface area contributed by atoms with E-state index in [4.69, 9.17) is 9.47 Å². The Morgan fingerprint density at radius 1 is 0.976 bits per heavy atom. The summed E-state index contributed by atoms with van der Waals surface area (Å²) in [4.78, 5) is 64.8. The monoisotopic (exact) mass is 601 g/mol. The van der Waals surface area contributed by atoms with E-state index in [9.17, 15) is 41.5 Å². The van der Waals surface area contributed by atoms with Crippen molar-refractivity contribution in [2.45, 2.75) is 70.9 Å². The molecule has 1 aromatic carbocycles. The molecule has 3 amide bonds. The lowest BCUT2D eigenvalue weighted by atomic mass is 9.96. The van der Waals surface area contributed by atoms with Crippen LogP contribution in [0.2, 0.25) is 0 Å². The summed E-state index contributed by atoms with van der Waals surface area (Å²) in [5, 5.41) is 5.11. The summed E-state index contributed by atoms with van der Waals surface area (Å²) in [5.74, 6) is -13.7. The number of benzene rings is 1. The molecule has 14 heteroatoms. The summed E-state index contributed by atoms with van der Waals surface area (Å²) in [6, 6.07) is -1.68. The van der Waals surface area contributed by atoms with E-state index in [1.807, 2.05) is 0 Å². The zero-order valence-electron chi connectivity index (χ0n) is 23.5. The number of hydrogen-bond donors (Lipinski definition) is 2. The van der Waals surface area contributed by atoms with E-state index in [2.05, 4.69) is 10.6 Å². The summed E-state index contributed by atoms with van der Waals surface area (Å²) < 4.78 is 64.8. The molecule has 42 heavy (non-hydrogen) atoms. The fourth-order valence-corrected chi connectivity index (χ4v) is 4.78. The first-order valence-corrected chi connectivity index (χ1v) is 13.9. The van der Waals surface area contributed by atoms with Gasteiger partial charge in [0.25, 0.3) is 0 Å². The number of amides is 3. The van der Waals surface area contributed by atoms with Gasteiger partial charge in [0.2, 0.25) is 17.5 Å². The first-order chi connectivity index (χ1) is 19.9. The van der Waals surface area contributed by atoms with Crippen molar-refractivity contribution in [2.24, 2.45) is 11.8 Å². The number of nitrogens with one attached hydrogen (secondary N) is 2. The maximum absolute atomic E-state index is 14.0. The lowest BCUT2D eigenvalue weighted by Crippen LogP contribution is -2.53. The van der Waals surface area contributed by atoms with Crippen molar-refractivity contribution in [3.63, 3.8) is 0 Å². The van der Waals surface area contributed by atoms with Crippen molar-refractivity contribution < 1.29 is 51.0 Å². The number of nitrogens with zero attached hydrogens (tertiary/aromatic N) is 1. The van der Waals surface area contributed by atoms with Crippen LogP contribution in [0.5, 0.6) is 5.75 Å². The average molecular weight is 602 g/mol. The van der Waals surface area contributed by atoms with Crippen LogP contribution in [0.3, 0.4) is 0 Å². The standard InChI is InChI=1S/C28H35F4N3O7/c1-15(2)13-41-22(37)11-20(21(36)14-42-25-23(31)18(29)10-19(30)24(25)32)34-26(38)16-6-5-9-35(12-16)28(40)27(39)33-17-7-3-4-8-17/h10,15-17,20H,3-9,11-14H2,1-2H3,(H,33,39)(H,34,38)/t16-,20+/m1/s1. The third kappa shape index (κ3) is 8.89. The van der Waals surface area contributed by atoms with Gasteiger partial charge in [-0.3, -0.25) is 24.0 Å². The van der Waals surface area contributed by atoms with Gasteiger partial charge in [-0.15, -0.1) is 0 Å². The van der Waals surface area contributed by atoms with Gasteiger partial charge in [0.1, 0.15) is 12.6 Å². The third-order valence-electron chi connectivity index (χ3n) is 7.05. The molecule has 2 N–H and O–H groups in total. The van der Waals surface area contributed by atoms with Crippen molar-refractivity contribution in [1.29, 1.82) is 0 Å². The van der Waals surface area contributed by atoms with E-state index in [0.29, 0.717) is 12.8 Å². The minimum atomic E-state index is -1.86. The summed E-state index contributed by atoms with van der Waals surface area (Å²) in [6.45, 7) is 2.56. The summed E-state index contributed by atoms with van der Waals surface area (Å²) in [6.07, 6.45) is 3.54. The van der Waals surface area contributed by atoms with E-state index >= 15 is 0 Å². The lowest BCUT2D eigenvalue weighted by Gasteiger charge is -2.32. The number of carbonyl (C=O) groups excluding carboxylic acids is 5. The van der Waals surface area contributed by atoms with Crippen LogP contribution < -0.4 is 15.4 Å². The van der Waals surface area contributed by atoms with Crippen LogP contribution in [0.1, 0.15) is 58.8 Å². The zero-order chi connectivity index (χ0) is 31.0. The molecule has 0 aromatic heterocycles. The largest absolute Gasteiger partial charge is 0.479 e. The second kappa shape index (κ2) is 15.0. The molecule has 0 spiro atoms. The van der Waals surface area contributed by atoms with Crippen LogP contribution in [0.4, 0.5) is 17.6 Å². The Hall–Kier alpha value is -3.71. The zero-order valence-corrected chi connectivity index (χ0v) is 23.5. The minimum absolute atomic E-state index is 0.0196. The van der Waals surface area contributed by atoms with Gasteiger partial charge in [-0.05, 0) is 31.6 Å². The molecule has 3 rings (SSSR count). The van der Waals surface area contributed by atoms with E-state index in [-0.39, 0.29) is 37.7 Å². The van der Waals surface area contributed by atoms with Crippen molar-refractivity contribution in [1.82, 2.24) is 15.5 Å². The first kappa shape index (κ1) is 32.8. The van der Waals surface area contributed by atoms with E-state index < -0.39 is 83.5 Å². The summed E-state index contributed by atoms with van der Waals surface area (Å²) in [7, 11) is 0. The molecule has 0 radical (unpaired) electrons. The minimum Gasteiger partial charge on any atom is -0.479 e. The molecular formula is C28H35F4N3O7. The summed E-state index contributed by atoms with van der Waals surface area (Å²) in [5.41, 5.74) is 0. The van der Waals surface area contributed by atoms with Gasteiger partial charge in [-0.2, -0.15) is 8.78 Å². The molecule has 0 unspecified atom stereocenters. The van der Waals surface area contributed by atoms with Gasteiger partial charge < -0.3 is 25.0 Å². The number of halogens is 4. The van der Waals surface area contributed by atoms with Crippen LogP contribution >= 0.6 is 0 Å². The number of piperidine rings is 1. The number of ether oxygens (including phenoxy) is 2. The maximum atomic E-state index is 14.0. The molecule has 1 aromatic rings. The molecular weight excluding hydrogens is 566 g/mol. The number of ketones is 1. The Labute approximate surface area is 240 Å². The summed E-state index contributed by atoms with van der Waals surface area (Å²) >= 11 is 0. The molecule has 2 fully saturated rings. The Kier molecular flexibility index (Phi) is 11.7. The van der Waals surface area contributed by atoms with Gasteiger partial charge in [-0.1, -0.05) is 26.7 Å². The highest BCUT2D eigenvalue weighted by Gasteiger charge is 2.35. The third-order valence-corrected chi connectivity index (χ3v) is 7.05. The van der Waals surface area contributed by atoms with Gasteiger partial charge >= 0.3 is 17.8 Å². The normalized spacial score (nSPS) is 18.0. The lowest BCUT2D eigenvalue weighted by molar-refractivity contribution is -0.149. The predicted octanol–water partition coefficient (Wildman–Crippen LogP) is 2.56. The van der Waals surface area contributed by atoms with E-state index in [1.165, 1.54) is 4.90 Å². The fourth-order valence-electron chi connectivity index (χ4n) is 4.78. The number of esters is 1. The van der Waals surface area contributed by atoms with Crippen LogP contribution in [-0.4, -0.2) is 72.8 Å². The molecule has 0 bridgehead atoms. The van der Waals surface area contributed by atoms with Crippen LogP contribution in [0, 0.1) is 35.1 Å². The van der Waals surface area contributed by atoms with E-state index in [1.54, 1.807) is 13.8 Å². The fraction of sp³-hybridized carbons (Fsp3) is 0.607. The average Bonchev–Trinajstić information content (AvgIpc) is 3.47. The van der Waals surface area contributed by atoms with Gasteiger partial charge in [0.05, 0.1) is 18.9 Å². The number of rotatable bonds is 11. The van der Waals surface area contributed by atoms with Crippen molar-refractivity contribution in [3.8, 4) is 5.75 Å². The molecule has 232 valence electrons. The number of Topliss-reactive ketones (excluding diaryl/α,β-unsaturated/α-hetero) is 1. The number of likely N-dealkylation sites (tertiary alicyclic amines) is 1. The maximum Gasteiger partial charge on any atom is 0.311 e. The molecule has 2 aliphatic rings. The molecule has 1 saturated carbocycles. The molecule has 1 saturated heterocycles. The number of hydrogen-bond acceptors (Lipinski definition) is 7. The smallest absolute Gasteiger partial charge is 0.311 e. The molecule has 2 atom stereocenters. The Morgan fingerprint density at radius 3 is 2.24 bits per heavy atom. The number of carbonyl (C=O) groups is 5. The highest BCUT2D eigenvalue weighted by molar-refractivity contribution is 6.35. The van der Waals surface area contributed by atoms with Crippen molar-refractivity contribution in [3.05, 3.63) is 29.3 Å². The van der Waals surface area contributed by atoms with Crippen molar-refractivity contribution >= 4 is 29.5 Å². The second-order valence-electron chi connectivity index (χ2n) is 10.9. The Balaban J connectivity index is 1.67. The molecule has 10 nitrogen and oxygen atoms in total. The van der Waals surface area contributed by atoms with Gasteiger partial charge in [-0.25, -0.2) is 8.78 Å². The second-order valence-corrected chi connectivity index (χ2v) is 10.9. The first-order valence-electron chi connectivity index (χ1n) is 13.9. The quantitative estimate of drug-likeness (QED) is 0.173. The van der Waals surface area contributed by atoms with Crippen LogP contribution in [0.25, 0.3) is 0 Å². The van der Waals surface area contributed by atoms with Crippen LogP contribution in [0.15, 0.2) is 6.07 Å². The molecule has 1 aliphatic carbocycles. The van der Waals surface area contributed by atoms with Gasteiger partial charge in [0, 0.05) is 25.2 Å². The SMILES string of the molecule is CC(C)COC(=O)C[C@H](NC(=O)[C@@H]1CCCN(C(=O)C(=O)NC2CCCC2)C1)C(=O)COc1c(F)c(F)cc(F)c1F. The molecule has 1 aliphatic heterocycles. The predicted molar refractivity (Wildman–Crippen MR) is 139 cm³/mol. The Morgan fingerprint density at radius 2 is 1.62 bits per heavy atom. The highest BCUT2D eigenvalue weighted by Crippen LogP contribution is 2.26. The highest BCUT2D eigenvalue weighted by atomic mass is 19.2. The van der Waals surface area contributed by atoms with E-state index in [0.717, 1.165) is 25.7 Å². The molecule has 1 heterocycles.